The molecule has 0 spiro atoms. The fourth-order valence-corrected chi connectivity index (χ4v) is 2.72. The molecule has 0 aliphatic heterocycles. The second kappa shape index (κ2) is 7.15. The number of benzene rings is 1. The summed E-state index contributed by atoms with van der Waals surface area (Å²) >= 11 is 3.39. The van der Waals surface area contributed by atoms with E-state index < -0.39 is 0 Å². The van der Waals surface area contributed by atoms with Crippen LogP contribution in [0.15, 0.2) is 71.6 Å². The second-order valence-electron chi connectivity index (χ2n) is 4.92. The van der Waals surface area contributed by atoms with Crippen LogP contribution in [0.3, 0.4) is 0 Å². The lowest BCUT2D eigenvalue weighted by atomic mass is 10.1. The number of nitrogens with one attached hydrogen (secondary N) is 1. The number of carbonyl (C=O) groups excluding carboxylic acids is 1. The van der Waals surface area contributed by atoms with Crippen LogP contribution >= 0.6 is 15.9 Å². The molecule has 4 nitrogen and oxygen atoms in total. The predicted octanol–water partition coefficient (Wildman–Crippen LogP) is 3.84. The summed E-state index contributed by atoms with van der Waals surface area (Å²) in [6.45, 7) is 0.401. The Morgan fingerprint density at radius 1 is 1.04 bits per heavy atom. The number of carbonyl (C=O) groups is 1. The molecular formula is C18H14BrN3O. The molecular weight excluding hydrogens is 354 g/mol. The minimum atomic E-state index is -0.126. The molecule has 1 aromatic carbocycles. The van der Waals surface area contributed by atoms with Crippen molar-refractivity contribution in [3.63, 3.8) is 0 Å². The molecule has 5 heteroatoms. The molecule has 114 valence electrons. The number of hydrogen-bond donors (Lipinski definition) is 1. The van der Waals surface area contributed by atoms with E-state index in [0.717, 1.165) is 21.3 Å². The van der Waals surface area contributed by atoms with Crippen molar-refractivity contribution in [2.24, 2.45) is 0 Å². The van der Waals surface area contributed by atoms with Gasteiger partial charge < -0.3 is 5.32 Å². The molecule has 1 N–H and O–H groups in total. The normalized spacial score (nSPS) is 10.3. The van der Waals surface area contributed by atoms with E-state index in [0.29, 0.717) is 12.1 Å². The third kappa shape index (κ3) is 3.63. The van der Waals surface area contributed by atoms with Crippen LogP contribution in [0.4, 0.5) is 0 Å². The van der Waals surface area contributed by atoms with Crippen molar-refractivity contribution in [3.05, 3.63) is 82.7 Å². The molecule has 0 fully saturated rings. The third-order valence-corrected chi connectivity index (χ3v) is 4.08. The molecule has 1 amide bonds. The van der Waals surface area contributed by atoms with Gasteiger partial charge in [-0.05, 0) is 51.8 Å². The first-order valence-electron chi connectivity index (χ1n) is 7.13. The van der Waals surface area contributed by atoms with Crippen LogP contribution < -0.4 is 5.32 Å². The van der Waals surface area contributed by atoms with Crippen molar-refractivity contribution < 1.29 is 4.79 Å². The van der Waals surface area contributed by atoms with Crippen molar-refractivity contribution in [1.29, 1.82) is 0 Å². The maximum absolute atomic E-state index is 12.3. The molecule has 2 heterocycles. The van der Waals surface area contributed by atoms with E-state index >= 15 is 0 Å². The SMILES string of the molecule is O=C(NCc1cccnc1-c1cccnc1)c1ccccc1Br. The van der Waals surface area contributed by atoms with Crippen LogP contribution in [-0.2, 0) is 6.54 Å². The first kappa shape index (κ1) is 15.4. The van der Waals surface area contributed by atoms with Gasteiger partial charge in [0, 0.05) is 35.2 Å². The number of aromatic nitrogens is 2. The zero-order valence-electron chi connectivity index (χ0n) is 12.2. The van der Waals surface area contributed by atoms with Gasteiger partial charge >= 0.3 is 0 Å². The molecule has 3 rings (SSSR count). The zero-order valence-corrected chi connectivity index (χ0v) is 13.8. The smallest absolute Gasteiger partial charge is 0.252 e. The molecule has 0 aliphatic carbocycles. The lowest BCUT2D eigenvalue weighted by Gasteiger charge is -2.10. The maximum Gasteiger partial charge on any atom is 0.252 e. The van der Waals surface area contributed by atoms with Gasteiger partial charge in [-0.2, -0.15) is 0 Å². The minimum Gasteiger partial charge on any atom is -0.348 e. The number of hydrogen-bond acceptors (Lipinski definition) is 3. The zero-order chi connectivity index (χ0) is 16.1. The Morgan fingerprint density at radius 2 is 1.87 bits per heavy atom. The molecule has 3 aromatic rings. The predicted molar refractivity (Wildman–Crippen MR) is 92.8 cm³/mol. The summed E-state index contributed by atoms with van der Waals surface area (Å²) in [4.78, 5) is 20.9. The van der Waals surface area contributed by atoms with Crippen molar-refractivity contribution >= 4 is 21.8 Å². The largest absolute Gasteiger partial charge is 0.348 e. The fourth-order valence-electron chi connectivity index (χ4n) is 2.26. The Bertz CT molecular complexity index is 821. The number of pyridine rings is 2. The molecule has 0 bridgehead atoms. The summed E-state index contributed by atoms with van der Waals surface area (Å²) in [5, 5.41) is 2.94. The van der Waals surface area contributed by atoms with Gasteiger partial charge in [0.1, 0.15) is 0 Å². The van der Waals surface area contributed by atoms with Crippen molar-refractivity contribution in [2.75, 3.05) is 0 Å². The van der Waals surface area contributed by atoms with E-state index in [9.17, 15) is 4.79 Å². The van der Waals surface area contributed by atoms with Crippen LogP contribution in [-0.4, -0.2) is 15.9 Å². The van der Waals surface area contributed by atoms with E-state index in [1.165, 1.54) is 0 Å². The highest BCUT2D eigenvalue weighted by atomic mass is 79.9. The van der Waals surface area contributed by atoms with Gasteiger partial charge in [0.15, 0.2) is 0 Å². The van der Waals surface area contributed by atoms with Gasteiger partial charge in [0.25, 0.3) is 5.91 Å². The molecule has 0 saturated heterocycles. The Morgan fingerprint density at radius 3 is 2.65 bits per heavy atom. The summed E-state index contributed by atoms with van der Waals surface area (Å²) in [5.41, 5.74) is 3.31. The molecule has 0 unspecified atom stereocenters. The summed E-state index contributed by atoms with van der Waals surface area (Å²) < 4.78 is 0.774. The Kier molecular flexibility index (Phi) is 4.78. The standard InChI is InChI=1S/C18H14BrN3O/c19-16-8-2-1-7-15(16)18(23)22-12-14-6-4-10-21-17(14)13-5-3-9-20-11-13/h1-11H,12H2,(H,22,23). The van der Waals surface area contributed by atoms with E-state index in [2.05, 4.69) is 31.2 Å². The molecule has 0 radical (unpaired) electrons. The highest BCUT2D eigenvalue weighted by Gasteiger charge is 2.11. The van der Waals surface area contributed by atoms with Crippen molar-refractivity contribution in [2.45, 2.75) is 6.54 Å². The van der Waals surface area contributed by atoms with Gasteiger partial charge in [-0.3, -0.25) is 14.8 Å². The molecule has 2 aromatic heterocycles. The number of halogens is 1. The topological polar surface area (TPSA) is 54.9 Å². The number of amides is 1. The fraction of sp³-hybridized carbons (Fsp3) is 0.0556. The monoisotopic (exact) mass is 367 g/mol. The van der Waals surface area contributed by atoms with E-state index in [1.807, 2.05) is 42.5 Å². The van der Waals surface area contributed by atoms with E-state index in [1.54, 1.807) is 24.7 Å². The maximum atomic E-state index is 12.3. The van der Waals surface area contributed by atoms with Crippen molar-refractivity contribution in [1.82, 2.24) is 15.3 Å². The summed E-state index contributed by atoms with van der Waals surface area (Å²) in [5.74, 6) is -0.126. The van der Waals surface area contributed by atoms with Gasteiger partial charge in [0.05, 0.1) is 11.3 Å². The highest BCUT2D eigenvalue weighted by Crippen LogP contribution is 2.20. The van der Waals surface area contributed by atoms with E-state index in [-0.39, 0.29) is 5.91 Å². The average molecular weight is 368 g/mol. The van der Waals surface area contributed by atoms with Gasteiger partial charge in [0.2, 0.25) is 0 Å². The Balaban J connectivity index is 1.79. The molecule has 0 atom stereocenters. The van der Waals surface area contributed by atoms with Crippen LogP contribution in [0.25, 0.3) is 11.3 Å². The number of nitrogens with zero attached hydrogens (tertiary/aromatic N) is 2. The summed E-state index contributed by atoms with van der Waals surface area (Å²) in [6.07, 6.45) is 5.23. The summed E-state index contributed by atoms with van der Waals surface area (Å²) in [6, 6.07) is 15.0. The van der Waals surface area contributed by atoms with Crippen LogP contribution in [0, 0.1) is 0 Å². The molecule has 0 saturated carbocycles. The quantitative estimate of drug-likeness (QED) is 0.762. The van der Waals surface area contributed by atoms with Crippen molar-refractivity contribution in [3.8, 4) is 11.3 Å². The lowest BCUT2D eigenvalue weighted by Crippen LogP contribution is -2.23. The molecule has 23 heavy (non-hydrogen) atoms. The van der Waals surface area contributed by atoms with Gasteiger partial charge in [-0.1, -0.05) is 18.2 Å². The van der Waals surface area contributed by atoms with Crippen LogP contribution in [0.2, 0.25) is 0 Å². The average Bonchev–Trinajstić information content (AvgIpc) is 2.61. The Labute approximate surface area is 142 Å². The summed E-state index contributed by atoms with van der Waals surface area (Å²) in [7, 11) is 0. The lowest BCUT2D eigenvalue weighted by molar-refractivity contribution is 0.0950. The minimum absolute atomic E-state index is 0.126. The van der Waals surface area contributed by atoms with Gasteiger partial charge in [-0.15, -0.1) is 0 Å². The van der Waals surface area contributed by atoms with Crippen LogP contribution in [0.5, 0.6) is 0 Å². The van der Waals surface area contributed by atoms with Crippen LogP contribution in [0.1, 0.15) is 15.9 Å². The third-order valence-electron chi connectivity index (χ3n) is 3.38. The van der Waals surface area contributed by atoms with E-state index in [4.69, 9.17) is 0 Å². The first-order valence-corrected chi connectivity index (χ1v) is 7.92. The number of rotatable bonds is 4. The molecule has 0 aliphatic rings. The first-order chi connectivity index (χ1) is 11.3. The van der Waals surface area contributed by atoms with Gasteiger partial charge in [-0.25, -0.2) is 0 Å². The second-order valence-corrected chi connectivity index (χ2v) is 5.77. The highest BCUT2D eigenvalue weighted by molar-refractivity contribution is 9.10. The Hall–Kier alpha value is -2.53.